The van der Waals surface area contributed by atoms with Crippen LogP contribution < -0.4 is 5.32 Å². The van der Waals surface area contributed by atoms with Gasteiger partial charge in [0.1, 0.15) is 17.2 Å². The average molecular weight is 293 g/mol. The summed E-state index contributed by atoms with van der Waals surface area (Å²) < 4.78 is 17.7. The number of aromatic amines is 1. The van der Waals surface area contributed by atoms with Crippen molar-refractivity contribution in [2.75, 3.05) is 12.4 Å². The van der Waals surface area contributed by atoms with E-state index >= 15 is 0 Å². The number of hydrogen-bond donors (Lipinski definition) is 2. The van der Waals surface area contributed by atoms with Crippen LogP contribution in [0, 0.1) is 15.9 Å². The Hall–Kier alpha value is -2.90. The summed E-state index contributed by atoms with van der Waals surface area (Å²) >= 11 is 0. The van der Waals surface area contributed by atoms with Gasteiger partial charge in [-0.3, -0.25) is 10.1 Å². The molecule has 0 saturated carbocycles. The Labute approximate surface area is 118 Å². The monoisotopic (exact) mass is 293 g/mol. The van der Waals surface area contributed by atoms with E-state index in [9.17, 15) is 19.3 Å². The summed E-state index contributed by atoms with van der Waals surface area (Å²) in [5.74, 6) is -1.09. The van der Waals surface area contributed by atoms with Crippen LogP contribution >= 0.6 is 0 Å². The molecule has 0 unspecified atom stereocenters. The second-order valence-electron chi connectivity index (χ2n) is 4.16. The highest BCUT2D eigenvalue weighted by atomic mass is 19.1. The van der Waals surface area contributed by atoms with Crippen LogP contribution in [0.25, 0.3) is 0 Å². The zero-order chi connectivity index (χ0) is 15.4. The first-order chi connectivity index (χ1) is 10.0. The Morgan fingerprint density at radius 2 is 2.19 bits per heavy atom. The second kappa shape index (κ2) is 6.04. The van der Waals surface area contributed by atoms with E-state index in [4.69, 9.17) is 0 Å². The van der Waals surface area contributed by atoms with Gasteiger partial charge in [-0.1, -0.05) is 0 Å². The fourth-order valence-corrected chi connectivity index (χ4v) is 1.77. The average Bonchev–Trinajstić information content (AvgIpc) is 2.93. The van der Waals surface area contributed by atoms with Gasteiger partial charge in [-0.2, -0.15) is 0 Å². The van der Waals surface area contributed by atoms with Crippen molar-refractivity contribution in [1.82, 2.24) is 4.98 Å². The quantitative estimate of drug-likeness (QED) is 0.501. The molecule has 0 aliphatic carbocycles. The Morgan fingerprint density at radius 3 is 2.86 bits per heavy atom. The van der Waals surface area contributed by atoms with Crippen molar-refractivity contribution >= 4 is 17.3 Å². The number of nitrogens with one attached hydrogen (secondary N) is 2. The molecule has 2 N–H and O–H groups in total. The number of carbonyl (C=O) groups is 1. The highest BCUT2D eigenvalue weighted by Gasteiger charge is 2.14. The molecular formula is C13H12FN3O4. The molecule has 0 amide bonds. The molecule has 0 fully saturated rings. The molecule has 110 valence electrons. The van der Waals surface area contributed by atoms with Crippen LogP contribution in [0.1, 0.15) is 16.2 Å². The van der Waals surface area contributed by atoms with Crippen LogP contribution in [0.4, 0.5) is 15.8 Å². The molecule has 2 aromatic rings. The van der Waals surface area contributed by atoms with Crippen LogP contribution in [0.2, 0.25) is 0 Å². The molecule has 1 aromatic heterocycles. The van der Waals surface area contributed by atoms with Crippen molar-refractivity contribution in [2.45, 2.75) is 6.54 Å². The molecule has 0 saturated heterocycles. The normalized spacial score (nSPS) is 10.2. The first-order valence-corrected chi connectivity index (χ1v) is 5.95. The van der Waals surface area contributed by atoms with E-state index in [0.29, 0.717) is 5.69 Å². The van der Waals surface area contributed by atoms with Gasteiger partial charge in [0.15, 0.2) is 0 Å². The predicted molar refractivity (Wildman–Crippen MR) is 72.5 cm³/mol. The van der Waals surface area contributed by atoms with Crippen molar-refractivity contribution < 1.29 is 18.8 Å². The van der Waals surface area contributed by atoms with Crippen LogP contribution in [0.15, 0.2) is 30.3 Å². The number of anilines is 1. The van der Waals surface area contributed by atoms with Gasteiger partial charge in [0.25, 0.3) is 5.69 Å². The molecule has 0 radical (unpaired) electrons. The Balaban J connectivity index is 2.13. The topological polar surface area (TPSA) is 97.3 Å². The third kappa shape index (κ3) is 3.35. The van der Waals surface area contributed by atoms with Crippen LogP contribution in [0.5, 0.6) is 0 Å². The molecular weight excluding hydrogens is 281 g/mol. The van der Waals surface area contributed by atoms with Gasteiger partial charge in [0, 0.05) is 17.8 Å². The Morgan fingerprint density at radius 1 is 1.43 bits per heavy atom. The molecule has 0 aliphatic rings. The number of ether oxygens (including phenoxy) is 1. The SMILES string of the molecule is COC(=O)c1ccc(CNc2cc(F)ccc2[N+](=O)[O-])[nH]1. The van der Waals surface area contributed by atoms with Crippen molar-refractivity contribution in [3.8, 4) is 0 Å². The van der Waals surface area contributed by atoms with Gasteiger partial charge in [0.2, 0.25) is 0 Å². The van der Waals surface area contributed by atoms with Crippen molar-refractivity contribution in [3.05, 3.63) is 57.7 Å². The summed E-state index contributed by atoms with van der Waals surface area (Å²) in [6, 6.07) is 6.31. The smallest absolute Gasteiger partial charge is 0.354 e. The molecule has 8 heteroatoms. The number of aromatic nitrogens is 1. The number of rotatable bonds is 5. The summed E-state index contributed by atoms with van der Waals surface area (Å²) in [4.78, 5) is 24.3. The lowest BCUT2D eigenvalue weighted by Crippen LogP contribution is -2.05. The number of hydrogen-bond acceptors (Lipinski definition) is 5. The predicted octanol–water partition coefficient (Wildman–Crippen LogP) is 2.46. The minimum absolute atomic E-state index is 0.0641. The molecule has 7 nitrogen and oxygen atoms in total. The zero-order valence-corrected chi connectivity index (χ0v) is 11.1. The number of nitrogens with zero attached hydrogens (tertiary/aromatic N) is 1. The number of halogens is 1. The number of nitro groups is 1. The highest BCUT2D eigenvalue weighted by molar-refractivity contribution is 5.87. The van der Waals surface area contributed by atoms with Crippen molar-refractivity contribution in [2.24, 2.45) is 0 Å². The lowest BCUT2D eigenvalue weighted by Gasteiger charge is -2.06. The summed E-state index contributed by atoms with van der Waals surface area (Å²) in [6.45, 7) is 0.168. The van der Waals surface area contributed by atoms with E-state index in [1.165, 1.54) is 13.2 Å². The molecule has 0 atom stereocenters. The molecule has 0 aliphatic heterocycles. The largest absolute Gasteiger partial charge is 0.464 e. The molecule has 0 spiro atoms. The van der Waals surface area contributed by atoms with Crippen molar-refractivity contribution in [3.63, 3.8) is 0 Å². The number of methoxy groups -OCH3 is 1. The number of H-pyrrole nitrogens is 1. The lowest BCUT2D eigenvalue weighted by molar-refractivity contribution is -0.384. The molecule has 0 bridgehead atoms. The van der Waals surface area contributed by atoms with Gasteiger partial charge in [-0.25, -0.2) is 9.18 Å². The number of nitro benzene ring substituents is 1. The zero-order valence-electron chi connectivity index (χ0n) is 11.1. The van der Waals surface area contributed by atoms with Crippen LogP contribution in [-0.2, 0) is 11.3 Å². The van der Waals surface area contributed by atoms with E-state index < -0.39 is 16.7 Å². The number of carbonyl (C=O) groups excluding carboxylic acids is 1. The first kappa shape index (κ1) is 14.5. The van der Waals surface area contributed by atoms with E-state index in [1.54, 1.807) is 6.07 Å². The molecule has 2 rings (SSSR count). The van der Waals surface area contributed by atoms with Crippen LogP contribution in [0.3, 0.4) is 0 Å². The summed E-state index contributed by atoms with van der Waals surface area (Å²) in [6.07, 6.45) is 0. The maximum absolute atomic E-state index is 13.2. The first-order valence-electron chi connectivity index (χ1n) is 5.95. The van der Waals surface area contributed by atoms with E-state index in [2.05, 4.69) is 15.0 Å². The second-order valence-corrected chi connectivity index (χ2v) is 4.16. The highest BCUT2D eigenvalue weighted by Crippen LogP contribution is 2.25. The molecule has 1 heterocycles. The summed E-state index contributed by atoms with van der Waals surface area (Å²) in [5, 5.41) is 13.6. The third-order valence-corrected chi connectivity index (χ3v) is 2.78. The van der Waals surface area contributed by atoms with Gasteiger partial charge in [-0.15, -0.1) is 0 Å². The maximum Gasteiger partial charge on any atom is 0.354 e. The molecule has 21 heavy (non-hydrogen) atoms. The van der Waals surface area contributed by atoms with E-state index in [0.717, 1.165) is 18.2 Å². The van der Waals surface area contributed by atoms with Crippen molar-refractivity contribution in [1.29, 1.82) is 0 Å². The third-order valence-electron chi connectivity index (χ3n) is 2.78. The summed E-state index contributed by atoms with van der Waals surface area (Å²) in [7, 11) is 1.26. The summed E-state index contributed by atoms with van der Waals surface area (Å²) in [5.41, 5.74) is 0.711. The van der Waals surface area contributed by atoms with Gasteiger partial charge >= 0.3 is 5.97 Å². The lowest BCUT2D eigenvalue weighted by atomic mass is 10.2. The Bertz CT molecular complexity index is 684. The van der Waals surface area contributed by atoms with Gasteiger partial charge < -0.3 is 15.0 Å². The van der Waals surface area contributed by atoms with Crippen LogP contribution in [-0.4, -0.2) is 23.0 Å². The molecule has 1 aromatic carbocycles. The fraction of sp³-hybridized carbons (Fsp3) is 0.154. The Kier molecular flexibility index (Phi) is 4.17. The standard InChI is InChI=1S/C13H12FN3O4/c1-21-13(18)10-4-3-9(16-10)7-15-11-6-8(14)2-5-12(11)17(19)20/h2-6,15-16H,7H2,1H3. The fourth-order valence-electron chi connectivity index (χ4n) is 1.77. The number of esters is 1. The minimum Gasteiger partial charge on any atom is -0.464 e. The maximum atomic E-state index is 13.2. The van der Waals surface area contributed by atoms with Gasteiger partial charge in [-0.05, 0) is 18.2 Å². The number of benzene rings is 1. The van der Waals surface area contributed by atoms with E-state index in [-0.39, 0.29) is 23.6 Å². The minimum atomic E-state index is -0.601. The van der Waals surface area contributed by atoms with E-state index in [1.807, 2.05) is 0 Å². The van der Waals surface area contributed by atoms with Gasteiger partial charge in [0.05, 0.1) is 18.6 Å².